The van der Waals surface area contributed by atoms with Crippen molar-refractivity contribution in [2.24, 2.45) is 5.73 Å². The first kappa shape index (κ1) is 11.2. The zero-order valence-electron chi connectivity index (χ0n) is 9.24. The summed E-state index contributed by atoms with van der Waals surface area (Å²) in [7, 11) is 0. The molecule has 0 unspecified atom stereocenters. The van der Waals surface area contributed by atoms with Gasteiger partial charge in [-0.3, -0.25) is 4.68 Å². The maximum Gasteiger partial charge on any atom is 0.0788 e. The van der Waals surface area contributed by atoms with Crippen LogP contribution in [0.25, 0.3) is 0 Å². The van der Waals surface area contributed by atoms with Crippen LogP contribution in [0.4, 0.5) is 0 Å². The van der Waals surface area contributed by atoms with Gasteiger partial charge in [-0.05, 0) is 19.4 Å². The minimum atomic E-state index is 0.0480. The van der Waals surface area contributed by atoms with Gasteiger partial charge in [-0.25, -0.2) is 0 Å². The van der Waals surface area contributed by atoms with Crippen LogP contribution in [0.1, 0.15) is 51.3 Å². The van der Waals surface area contributed by atoms with Gasteiger partial charge in [-0.2, -0.15) is 5.10 Å². The maximum absolute atomic E-state index is 5.73. The van der Waals surface area contributed by atoms with Crippen LogP contribution in [0.5, 0.6) is 0 Å². The van der Waals surface area contributed by atoms with Crippen molar-refractivity contribution in [3.63, 3.8) is 0 Å². The Bertz CT molecular complexity index is 253. The smallest absolute Gasteiger partial charge is 0.0788 e. The molecule has 0 aliphatic heterocycles. The van der Waals surface area contributed by atoms with E-state index in [4.69, 9.17) is 5.73 Å². The van der Waals surface area contributed by atoms with E-state index in [1.54, 1.807) is 0 Å². The van der Waals surface area contributed by atoms with Gasteiger partial charge in [-0.1, -0.05) is 26.2 Å². The summed E-state index contributed by atoms with van der Waals surface area (Å²) in [5, 5.41) is 4.40. The van der Waals surface area contributed by atoms with Gasteiger partial charge < -0.3 is 5.73 Å². The Morgan fingerprint density at radius 2 is 2.21 bits per heavy atom. The van der Waals surface area contributed by atoms with Crippen LogP contribution in [0.15, 0.2) is 12.3 Å². The topological polar surface area (TPSA) is 43.8 Å². The van der Waals surface area contributed by atoms with Crippen molar-refractivity contribution in [3.8, 4) is 0 Å². The summed E-state index contributed by atoms with van der Waals surface area (Å²) in [5.74, 6) is 0. The Kier molecular flexibility index (Phi) is 4.66. The third-order valence-electron chi connectivity index (χ3n) is 2.37. The number of aromatic nitrogens is 2. The van der Waals surface area contributed by atoms with Crippen LogP contribution in [0.3, 0.4) is 0 Å². The van der Waals surface area contributed by atoms with Crippen molar-refractivity contribution in [3.05, 3.63) is 18.0 Å². The molecule has 0 bridgehead atoms. The first-order chi connectivity index (χ1) is 6.74. The van der Waals surface area contributed by atoms with E-state index in [1.165, 1.54) is 25.7 Å². The lowest BCUT2D eigenvalue weighted by atomic mass is 10.2. The van der Waals surface area contributed by atoms with Gasteiger partial charge in [0, 0.05) is 18.8 Å². The fourth-order valence-electron chi connectivity index (χ4n) is 1.45. The molecule has 1 aromatic rings. The van der Waals surface area contributed by atoms with Gasteiger partial charge in [0.25, 0.3) is 0 Å². The number of aryl methyl sites for hydroxylation is 1. The van der Waals surface area contributed by atoms with Crippen molar-refractivity contribution in [1.29, 1.82) is 0 Å². The molecule has 0 amide bonds. The second-order valence-corrected chi connectivity index (χ2v) is 3.85. The highest BCUT2D eigenvalue weighted by molar-refractivity contribution is 5.02. The van der Waals surface area contributed by atoms with E-state index in [9.17, 15) is 0 Å². The standard InChI is InChI=1S/C11H21N3/c1-3-4-5-6-8-14-9-7-11(13-14)10(2)12/h7,9-10H,3-6,8,12H2,1-2H3/t10-/m0/s1. The largest absolute Gasteiger partial charge is 0.323 e. The van der Waals surface area contributed by atoms with Gasteiger partial charge in [-0.15, -0.1) is 0 Å². The second-order valence-electron chi connectivity index (χ2n) is 3.85. The molecule has 1 rings (SSSR count). The van der Waals surface area contributed by atoms with Crippen molar-refractivity contribution < 1.29 is 0 Å². The minimum Gasteiger partial charge on any atom is -0.323 e. The Hall–Kier alpha value is -0.830. The highest BCUT2D eigenvalue weighted by Gasteiger charge is 2.02. The molecular weight excluding hydrogens is 174 g/mol. The second kappa shape index (κ2) is 5.81. The zero-order chi connectivity index (χ0) is 10.4. The number of unbranched alkanes of at least 4 members (excludes halogenated alkanes) is 3. The summed E-state index contributed by atoms with van der Waals surface area (Å²) in [6, 6.07) is 2.05. The first-order valence-electron chi connectivity index (χ1n) is 5.53. The molecule has 0 saturated heterocycles. The molecule has 0 radical (unpaired) electrons. The molecule has 3 heteroatoms. The van der Waals surface area contributed by atoms with Crippen LogP contribution >= 0.6 is 0 Å². The molecular formula is C11H21N3. The molecule has 0 aliphatic rings. The van der Waals surface area contributed by atoms with E-state index in [-0.39, 0.29) is 6.04 Å². The summed E-state index contributed by atoms with van der Waals surface area (Å²) in [6.07, 6.45) is 7.13. The Balaban J connectivity index is 2.29. The van der Waals surface area contributed by atoms with Crippen molar-refractivity contribution >= 4 is 0 Å². The van der Waals surface area contributed by atoms with E-state index >= 15 is 0 Å². The molecule has 80 valence electrons. The fraction of sp³-hybridized carbons (Fsp3) is 0.727. The van der Waals surface area contributed by atoms with Gasteiger partial charge in [0.15, 0.2) is 0 Å². The summed E-state index contributed by atoms with van der Waals surface area (Å²) < 4.78 is 1.99. The third kappa shape index (κ3) is 3.50. The molecule has 0 aromatic carbocycles. The van der Waals surface area contributed by atoms with E-state index in [0.717, 1.165) is 12.2 Å². The lowest BCUT2D eigenvalue weighted by Gasteiger charge is -2.01. The Morgan fingerprint density at radius 3 is 2.79 bits per heavy atom. The Labute approximate surface area is 86.3 Å². The van der Waals surface area contributed by atoms with E-state index in [1.807, 2.05) is 23.9 Å². The van der Waals surface area contributed by atoms with E-state index in [2.05, 4.69) is 12.0 Å². The van der Waals surface area contributed by atoms with Crippen LogP contribution in [-0.4, -0.2) is 9.78 Å². The predicted octanol–water partition coefficient (Wildman–Crippen LogP) is 2.48. The SMILES string of the molecule is CCCCCCn1ccc([C@H](C)N)n1. The highest BCUT2D eigenvalue weighted by atomic mass is 15.3. The average molecular weight is 195 g/mol. The number of hydrogen-bond donors (Lipinski definition) is 1. The lowest BCUT2D eigenvalue weighted by molar-refractivity contribution is 0.533. The maximum atomic E-state index is 5.73. The zero-order valence-corrected chi connectivity index (χ0v) is 9.24. The molecule has 0 fully saturated rings. The van der Waals surface area contributed by atoms with Gasteiger partial charge in [0.1, 0.15) is 0 Å². The van der Waals surface area contributed by atoms with E-state index in [0.29, 0.717) is 0 Å². The molecule has 3 nitrogen and oxygen atoms in total. The van der Waals surface area contributed by atoms with Crippen molar-refractivity contribution in [2.75, 3.05) is 0 Å². The normalized spacial score (nSPS) is 13.1. The highest BCUT2D eigenvalue weighted by Crippen LogP contribution is 2.06. The Morgan fingerprint density at radius 1 is 1.43 bits per heavy atom. The minimum absolute atomic E-state index is 0.0480. The van der Waals surface area contributed by atoms with E-state index < -0.39 is 0 Å². The molecule has 1 atom stereocenters. The summed E-state index contributed by atoms with van der Waals surface area (Å²) >= 11 is 0. The number of nitrogens with zero attached hydrogens (tertiary/aromatic N) is 2. The van der Waals surface area contributed by atoms with Crippen LogP contribution in [0, 0.1) is 0 Å². The third-order valence-corrected chi connectivity index (χ3v) is 2.37. The molecule has 1 aromatic heterocycles. The number of nitrogens with two attached hydrogens (primary N) is 1. The number of rotatable bonds is 6. The van der Waals surface area contributed by atoms with Crippen molar-refractivity contribution in [2.45, 2.75) is 52.1 Å². The van der Waals surface area contributed by atoms with Crippen LogP contribution in [0.2, 0.25) is 0 Å². The fourth-order valence-corrected chi connectivity index (χ4v) is 1.45. The monoisotopic (exact) mass is 195 g/mol. The molecule has 0 aliphatic carbocycles. The molecule has 0 spiro atoms. The van der Waals surface area contributed by atoms with Gasteiger partial charge in [0.05, 0.1) is 5.69 Å². The van der Waals surface area contributed by atoms with Gasteiger partial charge in [0.2, 0.25) is 0 Å². The van der Waals surface area contributed by atoms with Crippen molar-refractivity contribution in [1.82, 2.24) is 9.78 Å². The molecule has 0 saturated carbocycles. The molecule has 2 N–H and O–H groups in total. The molecule has 1 heterocycles. The van der Waals surface area contributed by atoms with Crippen LogP contribution < -0.4 is 5.73 Å². The quantitative estimate of drug-likeness (QED) is 0.709. The average Bonchev–Trinajstić information content (AvgIpc) is 2.61. The first-order valence-corrected chi connectivity index (χ1v) is 5.53. The number of hydrogen-bond acceptors (Lipinski definition) is 2. The predicted molar refractivity (Wildman–Crippen MR) is 59.0 cm³/mol. The van der Waals surface area contributed by atoms with Gasteiger partial charge >= 0.3 is 0 Å². The molecule has 14 heavy (non-hydrogen) atoms. The summed E-state index contributed by atoms with van der Waals surface area (Å²) in [4.78, 5) is 0. The lowest BCUT2D eigenvalue weighted by Crippen LogP contribution is -2.07. The summed E-state index contributed by atoms with van der Waals surface area (Å²) in [5.41, 5.74) is 6.71. The summed E-state index contributed by atoms with van der Waals surface area (Å²) in [6.45, 7) is 5.21. The van der Waals surface area contributed by atoms with Crippen LogP contribution in [-0.2, 0) is 6.54 Å².